The summed E-state index contributed by atoms with van der Waals surface area (Å²) >= 11 is 1.35. The van der Waals surface area contributed by atoms with Gasteiger partial charge in [0.05, 0.1) is 27.4 Å². The first-order valence-electron chi connectivity index (χ1n) is 11.1. The molecule has 35 heavy (non-hydrogen) atoms. The average molecular weight is 526 g/mol. The van der Waals surface area contributed by atoms with Crippen LogP contribution in [0.1, 0.15) is 6.42 Å². The van der Waals surface area contributed by atoms with Gasteiger partial charge in [-0.15, -0.1) is 12.4 Å². The highest BCUT2D eigenvalue weighted by atomic mass is 35.5. The van der Waals surface area contributed by atoms with Gasteiger partial charge >= 0.3 is 0 Å². The summed E-state index contributed by atoms with van der Waals surface area (Å²) in [5, 5.41) is 0.516. The highest BCUT2D eigenvalue weighted by molar-refractivity contribution is 7.22. The molecule has 1 amide bonds. The summed E-state index contributed by atoms with van der Waals surface area (Å²) in [6, 6.07) is 9.63. The number of carbonyl (C=O) groups excluding carboxylic acids is 1. The number of aromatic nitrogens is 1. The van der Waals surface area contributed by atoms with Crippen molar-refractivity contribution < 1.29 is 28.1 Å². The topological polar surface area (TPSA) is 73.4 Å². The molecule has 2 aromatic carbocycles. The Kier molecular flexibility index (Phi) is 9.91. The molecular formula is C24H29ClFN3O5S. The molecular weight excluding hydrogens is 497 g/mol. The third-order valence-electron chi connectivity index (χ3n) is 5.58. The Hall–Kier alpha value is -2.66. The van der Waals surface area contributed by atoms with Crippen molar-refractivity contribution in [3.05, 3.63) is 42.2 Å². The molecule has 0 atom stereocenters. The zero-order valence-electron chi connectivity index (χ0n) is 19.7. The van der Waals surface area contributed by atoms with Crippen molar-refractivity contribution in [2.24, 2.45) is 0 Å². The highest BCUT2D eigenvalue weighted by Gasteiger charge is 2.23. The Morgan fingerprint density at radius 2 is 1.83 bits per heavy atom. The molecule has 1 saturated heterocycles. The first kappa shape index (κ1) is 26.9. The highest BCUT2D eigenvalue weighted by Crippen LogP contribution is 2.40. The lowest BCUT2D eigenvalue weighted by molar-refractivity contribution is -0.120. The zero-order valence-corrected chi connectivity index (χ0v) is 21.3. The van der Waals surface area contributed by atoms with E-state index in [9.17, 15) is 9.18 Å². The second kappa shape index (κ2) is 12.9. The minimum Gasteiger partial charge on any atom is -0.495 e. The monoisotopic (exact) mass is 525 g/mol. The van der Waals surface area contributed by atoms with E-state index in [4.69, 9.17) is 23.9 Å². The quantitative estimate of drug-likeness (QED) is 0.396. The van der Waals surface area contributed by atoms with Crippen molar-refractivity contribution in [3.63, 3.8) is 0 Å². The van der Waals surface area contributed by atoms with E-state index in [1.807, 2.05) is 6.07 Å². The van der Waals surface area contributed by atoms with E-state index < -0.39 is 5.82 Å². The fraction of sp³-hybridized carbons (Fsp3) is 0.417. The molecule has 11 heteroatoms. The normalized spacial score (nSPS) is 13.8. The molecule has 8 nitrogen and oxygen atoms in total. The van der Waals surface area contributed by atoms with Crippen LogP contribution in [0.4, 0.5) is 9.52 Å². The summed E-state index contributed by atoms with van der Waals surface area (Å²) in [6.45, 7) is 4.16. The lowest BCUT2D eigenvalue weighted by atomic mass is 10.3. The lowest BCUT2D eigenvalue weighted by Crippen LogP contribution is -2.40. The number of methoxy groups -OCH3 is 2. The van der Waals surface area contributed by atoms with Crippen LogP contribution < -0.4 is 19.1 Å². The molecule has 0 aliphatic carbocycles. The smallest absolute Gasteiger partial charge is 0.266 e. The van der Waals surface area contributed by atoms with E-state index in [2.05, 4.69) is 4.90 Å². The number of hydrogen-bond acceptors (Lipinski definition) is 8. The number of para-hydroxylation sites is 1. The van der Waals surface area contributed by atoms with Gasteiger partial charge in [0.2, 0.25) is 0 Å². The van der Waals surface area contributed by atoms with Gasteiger partial charge in [0.1, 0.15) is 21.7 Å². The molecule has 0 saturated carbocycles. The predicted molar refractivity (Wildman–Crippen MR) is 136 cm³/mol. The number of nitrogens with zero attached hydrogens (tertiary/aromatic N) is 3. The summed E-state index contributed by atoms with van der Waals surface area (Å²) in [5.41, 5.74) is 0.628. The number of carbonyl (C=O) groups is 1. The Labute approximate surface area is 213 Å². The third-order valence-corrected chi connectivity index (χ3v) is 6.67. The van der Waals surface area contributed by atoms with Gasteiger partial charge in [0.25, 0.3) is 5.91 Å². The first-order chi connectivity index (χ1) is 16.6. The van der Waals surface area contributed by atoms with Crippen molar-refractivity contribution >= 4 is 45.0 Å². The van der Waals surface area contributed by atoms with E-state index in [1.165, 1.54) is 23.5 Å². The van der Waals surface area contributed by atoms with Crippen molar-refractivity contribution in [1.29, 1.82) is 0 Å². The SMILES string of the molecule is COc1ccc(OC)c2sc(N(CCCN3CCOCC3)C(=O)COc3ccccc3F)nc12.Cl. The van der Waals surface area contributed by atoms with Gasteiger partial charge in [0, 0.05) is 26.2 Å². The van der Waals surface area contributed by atoms with Crippen molar-refractivity contribution in [1.82, 2.24) is 9.88 Å². The van der Waals surface area contributed by atoms with Gasteiger partial charge < -0.3 is 18.9 Å². The van der Waals surface area contributed by atoms with Crippen LogP contribution in [0, 0.1) is 5.82 Å². The summed E-state index contributed by atoms with van der Waals surface area (Å²) in [7, 11) is 3.17. The molecule has 0 radical (unpaired) electrons. The number of thiazole rings is 1. The van der Waals surface area contributed by atoms with Crippen LogP contribution in [0.25, 0.3) is 10.2 Å². The predicted octanol–water partition coefficient (Wildman–Crippen LogP) is 4.01. The molecule has 3 aromatic rings. The lowest BCUT2D eigenvalue weighted by Gasteiger charge is -2.27. The fourth-order valence-corrected chi connectivity index (χ4v) is 4.89. The number of anilines is 1. The van der Waals surface area contributed by atoms with Crippen molar-refractivity contribution in [2.75, 3.05) is 65.1 Å². The summed E-state index contributed by atoms with van der Waals surface area (Å²) in [6.07, 6.45) is 0.746. The molecule has 2 heterocycles. The van der Waals surface area contributed by atoms with Crippen molar-refractivity contribution in [2.45, 2.75) is 6.42 Å². The molecule has 4 rings (SSSR count). The molecule has 1 aromatic heterocycles. The van der Waals surface area contributed by atoms with Crippen LogP contribution in [0.3, 0.4) is 0 Å². The number of amides is 1. The van der Waals surface area contributed by atoms with E-state index >= 15 is 0 Å². The van der Waals surface area contributed by atoms with Gasteiger partial charge in [-0.1, -0.05) is 23.5 Å². The number of rotatable bonds is 10. The van der Waals surface area contributed by atoms with Crippen molar-refractivity contribution in [3.8, 4) is 17.2 Å². The van der Waals surface area contributed by atoms with Gasteiger partial charge in [-0.25, -0.2) is 9.37 Å². The van der Waals surface area contributed by atoms with E-state index in [0.29, 0.717) is 28.7 Å². The van der Waals surface area contributed by atoms with Crippen LogP contribution in [-0.4, -0.2) is 76.0 Å². The van der Waals surface area contributed by atoms with Crippen LogP contribution in [0.5, 0.6) is 17.2 Å². The van der Waals surface area contributed by atoms with Gasteiger partial charge in [-0.05, 0) is 30.7 Å². The Bertz CT molecular complexity index is 1080. The number of ether oxygens (including phenoxy) is 4. The maximum absolute atomic E-state index is 14.0. The molecule has 1 fully saturated rings. The number of morpholine rings is 1. The molecule has 0 bridgehead atoms. The van der Waals surface area contributed by atoms with Gasteiger partial charge in [0.15, 0.2) is 23.3 Å². The molecule has 1 aliphatic heterocycles. The maximum Gasteiger partial charge on any atom is 0.266 e. The minimum atomic E-state index is -0.511. The Morgan fingerprint density at radius 1 is 1.11 bits per heavy atom. The standard InChI is InChI=1S/C24H28FN3O5S.ClH/c1-30-19-8-9-20(31-2)23-22(19)26-24(34-23)28(11-5-10-27-12-14-32-15-13-27)21(29)16-33-18-7-4-3-6-17(18)25;/h3-4,6-9H,5,10-16H2,1-2H3;1H. The fourth-order valence-electron chi connectivity index (χ4n) is 3.77. The Balaban J connectivity index is 0.00000342. The second-order valence-electron chi connectivity index (χ2n) is 7.72. The number of benzene rings is 2. The third kappa shape index (κ3) is 6.52. The molecule has 0 spiro atoms. The zero-order chi connectivity index (χ0) is 23.9. The molecule has 190 valence electrons. The van der Waals surface area contributed by atoms with E-state index in [-0.39, 0.29) is 30.7 Å². The summed E-state index contributed by atoms with van der Waals surface area (Å²) in [5.74, 6) is 0.479. The average Bonchev–Trinajstić information content (AvgIpc) is 3.31. The van der Waals surface area contributed by atoms with E-state index in [1.54, 1.807) is 37.3 Å². The minimum absolute atomic E-state index is 0. The summed E-state index contributed by atoms with van der Waals surface area (Å²) < 4.78 is 36.6. The van der Waals surface area contributed by atoms with Crippen LogP contribution in [0.2, 0.25) is 0 Å². The van der Waals surface area contributed by atoms with Crippen LogP contribution in [0.15, 0.2) is 36.4 Å². The molecule has 0 unspecified atom stereocenters. The number of fused-ring (bicyclic) bond motifs is 1. The molecule has 1 aliphatic rings. The second-order valence-corrected chi connectivity index (χ2v) is 8.69. The number of halogens is 2. The number of hydrogen-bond donors (Lipinski definition) is 0. The van der Waals surface area contributed by atoms with Gasteiger partial charge in [-0.3, -0.25) is 14.6 Å². The van der Waals surface area contributed by atoms with Crippen LogP contribution >= 0.6 is 23.7 Å². The summed E-state index contributed by atoms with van der Waals surface area (Å²) in [4.78, 5) is 21.9. The molecule has 0 N–H and O–H groups in total. The largest absolute Gasteiger partial charge is 0.495 e. The van der Waals surface area contributed by atoms with Crippen LogP contribution in [-0.2, 0) is 9.53 Å². The first-order valence-corrected chi connectivity index (χ1v) is 11.9. The maximum atomic E-state index is 14.0. The Morgan fingerprint density at radius 3 is 2.54 bits per heavy atom. The van der Waals surface area contributed by atoms with E-state index in [0.717, 1.165) is 44.0 Å². The van der Waals surface area contributed by atoms with Gasteiger partial charge in [-0.2, -0.15) is 0 Å².